The van der Waals surface area contributed by atoms with Crippen molar-refractivity contribution in [1.29, 1.82) is 0 Å². The highest BCUT2D eigenvalue weighted by Crippen LogP contribution is 2.31. The summed E-state index contributed by atoms with van der Waals surface area (Å²) in [6.07, 6.45) is 0.687. The normalized spacial score (nSPS) is 13.4. The van der Waals surface area contributed by atoms with Crippen molar-refractivity contribution in [2.24, 2.45) is 0 Å². The first-order valence-corrected chi connectivity index (χ1v) is 6.54. The van der Waals surface area contributed by atoms with Gasteiger partial charge in [0.2, 0.25) is 5.91 Å². The Kier molecular flexibility index (Phi) is 5.13. The van der Waals surface area contributed by atoms with Gasteiger partial charge in [-0.3, -0.25) is 4.79 Å². The van der Waals surface area contributed by atoms with E-state index < -0.39 is 11.5 Å². The van der Waals surface area contributed by atoms with Gasteiger partial charge in [-0.25, -0.2) is 4.79 Å². The van der Waals surface area contributed by atoms with Crippen molar-refractivity contribution in [1.82, 2.24) is 4.90 Å². The minimum Gasteiger partial charge on any atom is -0.497 e. The van der Waals surface area contributed by atoms with E-state index in [4.69, 9.17) is 4.74 Å². The maximum atomic E-state index is 11.8. The molecule has 110 valence electrons. The standard InChI is InChI=1S/C15H21NO4/c1-5-9-16(11(2)17)15(3,14(18)19)12-7-6-8-13(10-12)20-4/h6-8,10H,5,9H2,1-4H3,(H,18,19). The van der Waals surface area contributed by atoms with Crippen molar-refractivity contribution < 1.29 is 19.4 Å². The summed E-state index contributed by atoms with van der Waals surface area (Å²) < 4.78 is 5.13. The Morgan fingerprint density at radius 3 is 2.50 bits per heavy atom. The second-order valence-electron chi connectivity index (χ2n) is 4.78. The minimum absolute atomic E-state index is 0.264. The molecule has 1 amide bonds. The van der Waals surface area contributed by atoms with Crippen LogP contribution in [-0.4, -0.2) is 35.5 Å². The summed E-state index contributed by atoms with van der Waals surface area (Å²) in [5, 5.41) is 9.66. The largest absolute Gasteiger partial charge is 0.497 e. The molecule has 1 aromatic rings. The first kappa shape index (κ1) is 16.0. The van der Waals surface area contributed by atoms with Gasteiger partial charge in [-0.05, 0) is 31.0 Å². The highest BCUT2D eigenvalue weighted by molar-refractivity contribution is 5.87. The predicted molar refractivity (Wildman–Crippen MR) is 75.7 cm³/mol. The van der Waals surface area contributed by atoms with Crippen LogP contribution in [0, 0.1) is 0 Å². The average molecular weight is 279 g/mol. The van der Waals surface area contributed by atoms with E-state index in [9.17, 15) is 14.7 Å². The van der Waals surface area contributed by atoms with Crippen LogP contribution < -0.4 is 4.74 Å². The van der Waals surface area contributed by atoms with E-state index in [1.54, 1.807) is 31.2 Å². The van der Waals surface area contributed by atoms with Crippen LogP contribution in [0.3, 0.4) is 0 Å². The van der Waals surface area contributed by atoms with Gasteiger partial charge in [-0.15, -0.1) is 0 Å². The lowest BCUT2D eigenvalue weighted by Gasteiger charge is -2.37. The van der Waals surface area contributed by atoms with Crippen LogP contribution in [0.1, 0.15) is 32.8 Å². The lowest BCUT2D eigenvalue weighted by atomic mass is 9.89. The molecule has 0 radical (unpaired) electrons. The van der Waals surface area contributed by atoms with E-state index in [2.05, 4.69) is 0 Å². The summed E-state index contributed by atoms with van der Waals surface area (Å²) in [4.78, 5) is 25.0. The summed E-state index contributed by atoms with van der Waals surface area (Å²) in [5.74, 6) is -0.760. The van der Waals surface area contributed by atoms with Gasteiger partial charge in [0.15, 0.2) is 5.54 Å². The van der Waals surface area contributed by atoms with E-state index in [0.29, 0.717) is 24.3 Å². The van der Waals surface area contributed by atoms with E-state index in [0.717, 1.165) is 0 Å². The molecule has 0 saturated carbocycles. The smallest absolute Gasteiger partial charge is 0.334 e. The SMILES string of the molecule is CCCN(C(C)=O)C(C)(C(=O)O)c1cccc(OC)c1. The first-order valence-electron chi connectivity index (χ1n) is 6.54. The Labute approximate surface area is 119 Å². The van der Waals surface area contributed by atoms with Crippen LogP contribution in [0.15, 0.2) is 24.3 Å². The lowest BCUT2D eigenvalue weighted by Crippen LogP contribution is -2.52. The fourth-order valence-corrected chi connectivity index (χ4v) is 2.24. The number of benzene rings is 1. The number of hydrogen-bond donors (Lipinski definition) is 1. The molecule has 5 nitrogen and oxygen atoms in total. The number of ether oxygens (including phenoxy) is 1. The van der Waals surface area contributed by atoms with E-state index in [-0.39, 0.29) is 5.91 Å². The fourth-order valence-electron chi connectivity index (χ4n) is 2.24. The van der Waals surface area contributed by atoms with E-state index >= 15 is 0 Å². The Balaban J connectivity index is 3.39. The van der Waals surface area contributed by atoms with Crippen molar-refractivity contribution in [3.8, 4) is 5.75 Å². The molecule has 5 heteroatoms. The Hall–Kier alpha value is -2.04. The van der Waals surface area contributed by atoms with Gasteiger partial charge in [-0.1, -0.05) is 19.1 Å². The third-order valence-corrected chi connectivity index (χ3v) is 3.42. The molecule has 0 aliphatic rings. The molecule has 1 N–H and O–H groups in total. The molecule has 0 saturated heterocycles. The van der Waals surface area contributed by atoms with Crippen LogP contribution in [0.5, 0.6) is 5.75 Å². The molecule has 1 unspecified atom stereocenters. The number of carboxylic acid groups (broad SMARTS) is 1. The average Bonchev–Trinajstić information content (AvgIpc) is 2.43. The van der Waals surface area contributed by atoms with Gasteiger partial charge in [0, 0.05) is 13.5 Å². The molecule has 1 aromatic carbocycles. The second-order valence-corrected chi connectivity index (χ2v) is 4.78. The van der Waals surface area contributed by atoms with Crippen LogP contribution in [0.25, 0.3) is 0 Å². The van der Waals surface area contributed by atoms with Crippen LogP contribution in [0.4, 0.5) is 0 Å². The lowest BCUT2D eigenvalue weighted by molar-refractivity contribution is -0.158. The van der Waals surface area contributed by atoms with Crippen molar-refractivity contribution in [2.45, 2.75) is 32.7 Å². The van der Waals surface area contributed by atoms with Gasteiger partial charge < -0.3 is 14.7 Å². The molecule has 0 spiro atoms. The zero-order valence-electron chi connectivity index (χ0n) is 12.3. The number of rotatable bonds is 6. The molecule has 0 aliphatic carbocycles. The van der Waals surface area contributed by atoms with Crippen molar-refractivity contribution >= 4 is 11.9 Å². The van der Waals surface area contributed by atoms with Gasteiger partial charge in [-0.2, -0.15) is 0 Å². The number of nitrogens with zero attached hydrogens (tertiary/aromatic N) is 1. The number of carbonyl (C=O) groups is 2. The number of carbonyl (C=O) groups excluding carboxylic acids is 1. The Bertz CT molecular complexity index is 500. The molecular formula is C15H21NO4. The van der Waals surface area contributed by atoms with E-state index in [1.807, 2.05) is 6.92 Å². The Morgan fingerprint density at radius 1 is 1.40 bits per heavy atom. The molecule has 0 aromatic heterocycles. The van der Waals surface area contributed by atoms with Crippen LogP contribution >= 0.6 is 0 Å². The zero-order chi connectivity index (χ0) is 15.3. The summed E-state index contributed by atoms with van der Waals surface area (Å²) in [6.45, 7) is 5.22. The van der Waals surface area contributed by atoms with Gasteiger partial charge >= 0.3 is 5.97 Å². The first-order chi connectivity index (χ1) is 9.37. The summed E-state index contributed by atoms with van der Waals surface area (Å²) in [5.41, 5.74) is -0.885. The molecule has 0 fully saturated rings. The second kappa shape index (κ2) is 6.41. The third kappa shape index (κ3) is 2.92. The third-order valence-electron chi connectivity index (χ3n) is 3.42. The molecule has 0 aliphatic heterocycles. The van der Waals surface area contributed by atoms with Gasteiger partial charge in [0.1, 0.15) is 5.75 Å². The maximum absolute atomic E-state index is 11.8. The van der Waals surface area contributed by atoms with Crippen LogP contribution in [0.2, 0.25) is 0 Å². The maximum Gasteiger partial charge on any atom is 0.334 e. The van der Waals surface area contributed by atoms with Crippen molar-refractivity contribution in [2.75, 3.05) is 13.7 Å². The summed E-state index contributed by atoms with van der Waals surface area (Å²) in [6, 6.07) is 6.81. The highest BCUT2D eigenvalue weighted by Gasteiger charge is 2.42. The topological polar surface area (TPSA) is 66.8 Å². The molecule has 0 bridgehead atoms. The molecule has 20 heavy (non-hydrogen) atoms. The highest BCUT2D eigenvalue weighted by atomic mass is 16.5. The van der Waals surface area contributed by atoms with E-state index in [1.165, 1.54) is 18.9 Å². The van der Waals surface area contributed by atoms with Gasteiger partial charge in [0.05, 0.1) is 7.11 Å². The molecular weight excluding hydrogens is 258 g/mol. The monoisotopic (exact) mass is 279 g/mol. The minimum atomic E-state index is -1.41. The quantitative estimate of drug-likeness (QED) is 0.867. The fraction of sp³-hybridized carbons (Fsp3) is 0.467. The number of aliphatic carboxylic acids is 1. The molecule has 1 rings (SSSR count). The molecule has 1 atom stereocenters. The Morgan fingerprint density at radius 2 is 2.05 bits per heavy atom. The van der Waals surface area contributed by atoms with Crippen LogP contribution in [-0.2, 0) is 15.1 Å². The van der Waals surface area contributed by atoms with Crippen molar-refractivity contribution in [3.05, 3.63) is 29.8 Å². The summed E-state index contributed by atoms with van der Waals surface area (Å²) >= 11 is 0. The zero-order valence-corrected chi connectivity index (χ0v) is 12.3. The predicted octanol–water partition coefficient (Wildman–Crippen LogP) is 2.25. The number of amides is 1. The number of methoxy groups -OCH3 is 1. The number of hydrogen-bond acceptors (Lipinski definition) is 3. The number of carboxylic acids is 1. The van der Waals surface area contributed by atoms with Crippen molar-refractivity contribution in [3.63, 3.8) is 0 Å². The summed E-state index contributed by atoms with van der Waals surface area (Å²) in [7, 11) is 1.52. The molecule has 0 heterocycles. The van der Waals surface area contributed by atoms with Gasteiger partial charge in [0.25, 0.3) is 0 Å².